The fourth-order valence-electron chi connectivity index (χ4n) is 9.81. The summed E-state index contributed by atoms with van der Waals surface area (Å²) < 4.78 is 37.6. The number of rotatable bonds is 10. The van der Waals surface area contributed by atoms with Crippen LogP contribution in [0.5, 0.6) is 0 Å². The van der Waals surface area contributed by atoms with Gasteiger partial charge >= 0.3 is 0 Å². The van der Waals surface area contributed by atoms with E-state index in [4.69, 9.17) is 1.37 Å². The average molecular weight is 820 g/mol. The van der Waals surface area contributed by atoms with Crippen molar-refractivity contribution in [3.05, 3.63) is 295 Å². The number of allylic oxidation sites excluding steroid dienone is 3. The molecule has 10 aromatic rings. The van der Waals surface area contributed by atoms with Gasteiger partial charge in [0.1, 0.15) is 0 Å². The quantitative estimate of drug-likeness (QED) is 0.0981. The topological polar surface area (TPSA) is 3.24 Å². The lowest BCUT2D eigenvalue weighted by atomic mass is 9.67. The van der Waals surface area contributed by atoms with Crippen LogP contribution in [0, 0.1) is 0 Å². The number of hydrogen-bond donors (Lipinski definition) is 0. The lowest BCUT2D eigenvalue weighted by Gasteiger charge is -2.35. The molecule has 0 bridgehead atoms. The van der Waals surface area contributed by atoms with Crippen LogP contribution < -0.4 is 4.90 Å². The van der Waals surface area contributed by atoms with Gasteiger partial charge in [0, 0.05) is 17.1 Å². The predicted molar refractivity (Wildman–Crippen MR) is 272 cm³/mol. The standard InChI is InChI=1S/C63H45N/c1-2-53(27-18-22-50-43-49-21-12-13-28-56(49)58-30-15-14-29-57(50)58)64(54-39-37-48(38-40-54)47-35-33-46(34-36-47)45-19-6-3-7-20-45)55-41-42-60-59-31-16-17-32-61(59)63(62(60)44-55,51-23-8-4-9-24-51)52-25-10-5-11-26-52/h2-44H,1H2/b22-18+,53-27+/i1D,2D,18D,27D/b2-1?,22-18+,53-27+. The summed E-state index contributed by atoms with van der Waals surface area (Å²) in [5.41, 5.74) is 12.6. The highest BCUT2D eigenvalue weighted by molar-refractivity contribution is 6.10. The van der Waals surface area contributed by atoms with E-state index in [9.17, 15) is 4.11 Å². The number of fused-ring (bicyclic) bond motifs is 6. The Morgan fingerprint density at radius 3 is 1.64 bits per heavy atom. The van der Waals surface area contributed by atoms with Gasteiger partial charge in [-0.1, -0.05) is 225 Å². The molecule has 64 heavy (non-hydrogen) atoms. The van der Waals surface area contributed by atoms with E-state index in [0.29, 0.717) is 11.4 Å². The molecule has 11 rings (SSSR count). The lowest BCUT2D eigenvalue weighted by molar-refractivity contribution is 0.768. The zero-order valence-corrected chi connectivity index (χ0v) is 35.1. The molecule has 0 saturated heterocycles. The predicted octanol–water partition coefficient (Wildman–Crippen LogP) is 16.6. The Morgan fingerprint density at radius 2 is 0.969 bits per heavy atom. The maximum absolute atomic E-state index is 9.93. The molecule has 0 amide bonds. The molecule has 302 valence electrons. The van der Waals surface area contributed by atoms with E-state index in [-0.39, 0.29) is 23.9 Å². The van der Waals surface area contributed by atoms with Crippen LogP contribution in [0.25, 0.3) is 61.0 Å². The van der Waals surface area contributed by atoms with Gasteiger partial charge in [-0.05, 0) is 125 Å². The zero-order valence-electron chi connectivity index (χ0n) is 39.1. The third-order valence-electron chi connectivity index (χ3n) is 12.7. The number of anilines is 2. The molecular formula is C63H45N. The molecule has 0 heterocycles. The van der Waals surface area contributed by atoms with Crippen molar-refractivity contribution in [1.29, 1.82) is 0 Å². The van der Waals surface area contributed by atoms with Crippen molar-refractivity contribution < 1.29 is 5.48 Å². The molecule has 1 heteroatoms. The van der Waals surface area contributed by atoms with E-state index < -0.39 is 5.41 Å². The summed E-state index contributed by atoms with van der Waals surface area (Å²) in [7, 11) is 0. The summed E-state index contributed by atoms with van der Waals surface area (Å²) in [6, 6.07) is 81.2. The normalized spacial score (nSPS) is 14.4. The maximum Gasteiger partial charge on any atom is 0.0714 e. The van der Waals surface area contributed by atoms with Crippen molar-refractivity contribution >= 4 is 39.0 Å². The van der Waals surface area contributed by atoms with Crippen LogP contribution in [0.2, 0.25) is 0 Å². The SMILES string of the molecule is [2H]C=C([2H])/C(=C([2H])\C([2H])=C\c1cc2ccccc2c2ccccc12)N(c1ccc(-c2ccc(-c3ccccc3)cc2)cc1)c1ccc2c(c1)C(c1ccccc1)(c1ccccc1)c1ccccc1-2. The Morgan fingerprint density at radius 1 is 0.453 bits per heavy atom. The summed E-state index contributed by atoms with van der Waals surface area (Å²) in [5.74, 6) is 0. The zero-order chi connectivity index (χ0) is 46.2. The van der Waals surface area contributed by atoms with E-state index >= 15 is 0 Å². The van der Waals surface area contributed by atoms with E-state index in [2.05, 4.69) is 158 Å². The average Bonchev–Trinajstić information content (AvgIpc) is 3.71. The number of nitrogens with zero attached hydrogens (tertiary/aromatic N) is 1. The molecule has 0 aromatic heterocycles. The molecule has 0 atom stereocenters. The van der Waals surface area contributed by atoms with Crippen molar-refractivity contribution in [1.82, 2.24) is 0 Å². The van der Waals surface area contributed by atoms with Gasteiger partial charge in [0.15, 0.2) is 0 Å². The van der Waals surface area contributed by atoms with E-state index in [1.807, 2.05) is 83.8 Å². The fourth-order valence-corrected chi connectivity index (χ4v) is 9.81. The summed E-state index contributed by atoms with van der Waals surface area (Å²) >= 11 is 0. The smallest absolute Gasteiger partial charge is 0.0714 e. The third-order valence-corrected chi connectivity index (χ3v) is 12.7. The largest absolute Gasteiger partial charge is 0.311 e. The van der Waals surface area contributed by atoms with E-state index in [1.165, 1.54) is 5.56 Å². The molecule has 0 fully saturated rings. The van der Waals surface area contributed by atoms with Gasteiger partial charge in [-0.15, -0.1) is 0 Å². The lowest BCUT2D eigenvalue weighted by Crippen LogP contribution is -2.28. The van der Waals surface area contributed by atoms with Crippen molar-refractivity contribution in [2.75, 3.05) is 4.90 Å². The van der Waals surface area contributed by atoms with Crippen LogP contribution in [0.3, 0.4) is 0 Å². The first kappa shape index (κ1) is 34.3. The van der Waals surface area contributed by atoms with E-state index in [1.54, 1.807) is 6.08 Å². The van der Waals surface area contributed by atoms with Crippen LogP contribution >= 0.6 is 0 Å². The van der Waals surface area contributed by atoms with Crippen molar-refractivity contribution in [3.8, 4) is 33.4 Å². The molecule has 0 aliphatic heterocycles. The number of hydrogen-bond acceptors (Lipinski definition) is 1. The Labute approximate surface area is 381 Å². The van der Waals surface area contributed by atoms with Crippen LogP contribution in [0.4, 0.5) is 11.4 Å². The monoisotopic (exact) mass is 819 g/mol. The highest BCUT2D eigenvalue weighted by Gasteiger charge is 2.46. The van der Waals surface area contributed by atoms with Crippen LogP contribution in [-0.4, -0.2) is 0 Å². The molecule has 0 radical (unpaired) electrons. The molecule has 10 aromatic carbocycles. The van der Waals surface area contributed by atoms with Crippen LogP contribution in [0.1, 0.15) is 33.3 Å². The summed E-state index contributed by atoms with van der Waals surface area (Å²) in [4.78, 5) is 1.89. The molecule has 1 nitrogen and oxygen atoms in total. The van der Waals surface area contributed by atoms with Gasteiger partial charge in [0.25, 0.3) is 0 Å². The second-order valence-electron chi connectivity index (χ2n) is 16.2. The Bertz CT molecular complexity index is 3540. The number of benzene rings is 10. The third kappa shape index (κ3) is 6.67. The van der Waals surface area contributed by atoms with Gasteiger partial charge in [-0.2, -0.15) is 0 Å². The molecular weight excluding hydrogens is 771 g/mol. The minimum atomic E-state index is -0.702. The van der Waals surface area contributed by atoms with Crippen LogP contribution in [-0.2, 0) is 5.41 Å². The summed E-state index contributed by atoms with van der Waals surface area (Å²) in [5, 5.41) is 4.17. The summed E-state index contributed by atoms with van der Waals surface area (Å²) in [6.45, 7) is 0.972. The van der Waals surface area contributed by atoms with Crippen LogP contribution in [0.15, 0.2) is 267 Å². The molecule has 1 aliphatic rings. The fraction of sp³-hybridized carbons (Fsp3) is 0.0159. The van der Waals surface area contributed by atoms with Gasteiger partial charge in [0.2, 0.25) is 0 Å². The van der Waals surface area contributed by atoms with Gasteiger partial charge in [-0.3, -0.25) is 0 Å². The first-order valence-electron chi connectivity index (χ1n) is 23.8. The Kier molecular flexibility index (Phi) is 8.88. The highest BCUT2D eigenvalue weighted by Crippen LogP contribution is 2.57. The minimum absolute atomic E-state index is 0.0800. The first-order chi connectivity index (χ1) is 33.4. The van der Waals surface area contributed by atoms with Crippen molar-refractivity contribution in [3.63, 3.8) is 0 Å². The molecule has 0 unspecified atom stereocenters. The van der Waals surface area contributed by atoms with Crippen molar-refractivity contribution in [2.45, 2.75) is 5.41 Å². The second kappa shape index (κ2) is 16.5. The van der Waals surface area contributed by atoms with Crippen molar-refractivity contribution in [2.24, 2.45) is 0 Å². The second-order valence-corrected chi connectivity index (χ2v) is 16.2. The van der Waals surface area contributed by atoms with Gasteiger partial charge < -0.3 is 4.90 Å². The Balaban J connectivity index is 1.13. The molecule has 0 saturated carbocycles. The Hall–Kier alpha value is -8.26. The molecule has 0 spiro atoms. The van der Waals surface area contributed by atoms with Gasteiger partial charge in [-0.25, -0.2) is 0 Å². The minimum Gasteiger partial charge on any atom is -0.311 e. The molecule has 0 N–H and O–H groups in total. The highest BCUT2D eigenvalue weighted by atomic mass is 15.1. The summed E-state index contributed by atoms with van der Waals surface area (Å²) in [6.07, 6.45) is 1.73. The first-order valence-corrected chi connectivity index (χ1v) is 21.7. The molecule has 1 aliphatic carbocycles. The van der Waals surface area contributed by atoms with Gasteiger partial charge in [0.05, 0.1) is 10.9 Å². The maximum atomic E-state index is 9.93. The van der Waals surface area contributed by atoms with E-state index in [0.717, 1.165) is 83.7 Å².